The number of halogens is 4. The lowest BCUT2D eigenvalue weighted by atomic mass is 9.83. The summed E-state index contributed by atoms with van der Waals surface area (Å²) in [5, 5.41) is 24.8. The maximum Gasteiger partial charge on any atom is 0.416 e. The monoisotopic (exact) mass is 462 g/mol. The maximum absolute atomic E-state index is 13.3. The predicted octanol–water partition coefficient (Wildman–Crippen LogP) is 3.01. The lowest BCUT2D eigenvalue weighted by molar-refractivity contribution is -0.149. The molecule has 14 heteroatoms. The molecule has 30 heavy (non-hydrogen) atoms. The molecule has 2 unspecified atom stereocenters. The molecule has 0 aliphatic carbocycles. The maximum atomic E-state index is 13.3. The quantitative estimate of drug-likeness (QED) is 0.596. The van der Waals surface area contributed by atoms with Crippen molar-refractivity contribution in [2.45, 2.75) is 23.0 Å². The first-order valence-corrected chi connectivity index (χ1v) is 9.76. The van der Waals surface area contributed by atoms with Gasteiger partial charge in [0, 0.05) is 22.6 Å². The van der Waals surface area contributed by atoms with Gasteiger partial charge in [0.05, 0.1) is 17.0 Å². The van der Waals surface area contributed by atoms with E-state index in [-0.39, 0.29) is 16.4 Å². The van der Waals surface area contributed by atoms with Gasteiger partial charge in [-0.15, -0.1) is 4.68 Å². The van der Waals surface area contributed by atoms with E-state index < -0.39 is 62.8 Å². The fourth-order valence-electron chi connectivity index (χ4n) is 3.18. The Morgan fingerprint density at radius 1 is 1.40 bits per heavy atom. The van der Waals surface area contributed by atoms with Crippen molar-refractivity contribution >= 4 is 46.0 Å². The van der Waals surface area contributed by atoms with E-state index in [2.05, 4.69) is 15.3 Å². The van der Waals surface area contributed by atoms with Crippen molar-refractivity contribution in [1.29, 1.82) is 0 Å². The fraction of sp³-hybridized carbons (Fsp3) is 0.250. The Balaban J connectivity index is 2.51. The molecule has 3 rings (SSSR count). The lowest BCUT2D eigenvalue weighted by Crippen LogP contribution is -2.49. The minimum Gasteiger partial charge on any atom is -0.481 e. The normalized spacial score (nSPS) is 18.5. The van der Waals surface area contributed by atoms with Gasteiger partial charge in [0.15, 0.2) is 11.4 Å². The minimum atomic E-state index is -4.91. The average molecular weight is 463 g/mol. The zero-order valence-corrected chi connectivity index (χ0v) is 16.3. The Morgan fingerprint density at radius 2 is 2.03 bits per heavy atom. The smallest absolute Gasteiger partial charge is 0.416 e. The zero-order valence-electron chi connectivity index (χ0n) is 14.7. The third kappa shape index (κ3) is 3.17. The number of hydrogen-bond acceptors (Lipinski definition) is 5. The Hall–Kier alpha value is -3.11. The van der Waals surface area contributed by atoms with Gasteiger partial charge >= 0.3 is 23.9 Å². The van der Waals surface area contributed by atoms with Crippen molar-refractivity contribution < 1.29 is 37.2 Å². The topological polar surface area (TPSA) is 126 Å². The highest BCUT2D eigenvalue weighted by Crippen LogP contribution is 2.48. The van der Waals surface area contributed by atoms with Crippen LogP contribution >= 0.6 is 11.6 Å². The highest BCUT2D eigenvalue weighted by molar-refractivity contribution is 7.84. The molecule has 2 heterocycles. The Bertz CT molecular complexity index is 1170. The largest absolute Gasteiger partial charge is 0.481 e. The van der Waals surface area contributed by atoms with E-state index in [0.717, 1.165) is 4.68 Å². The number of aromatic nitrogens is 2. The number of carbonyl (C=O) groups is 2. The van der Waals surface area contributed by atoms with Gasteiger partial charge in [0.1, 0.15) is 10.6 Å². The van der Waals surface area contributed by atoms with Crippen LogP contribution in [0.5, 0.6) is 0 Å². The van der Waals surface area contributed by atoms with Crippen molar-refractivity contribution in [1.82, 2.24) is 9.78 Å². The number of rotatable bonds is 4. The summed E-state index contributed by atoms with van der Waals surface area (Å²) in [7, 11) is -1.88. The van der Waals surface area contributed by atoms with Crippen LogP contribution in [0.2, 0.25) is 5.02 Å². The van der Waals surface area contributed by atoms with Gasteiger partial charge in [0.25, 0.3) is 0 Å². The number of alkyl halides is 3. The fourth-order valence-corrected chi connectivity index (χ4v) is 4.24. The summed E-state index contributed by atoms with van der Waals surface area (Å²) < 4.78 is 53.0. The first kappa shape index (κ1) is 21.6. The van der Waals surface area contributed by atoms with E-state index in [0.29, 0.717) is 12.1 Å². The summed E-state index contributed by atoms with van der Waals surface area (Å²) in [5.41, 5.74) is -4.87. The molecule has 1 aromatic heterocycles. The third-order valence-electron chi connectivity index (χ3n) is 4.39. The van der Waals surface area contributed by atoms with Gasteiger partial charge in [-0.3, -0.25) is 9.00 Å². The first-order chi connectivity index (χ1) is 13.8. The summed E-state index contributed by atoms with van der Waals surface area (Å²) >= 11 is 6.05. The molecular formula is C16H10ClF3N4O5S. The molecule has 2 atom stereocenters. The predicted molar refractivity (Wildman–Crippen MR) is 97.4 cm³/mol. The molecule has 0 saturated heterocycles. The van der Waals surface area contributed by atoms with Crippen LogP contribution in [-0.4, -0.2) is 42.4 Å². The van der Waals surface area contributed by atoms with E-state index in [9.17, 15) is 37.2 Å². The second-order valence-corrected chi connectivity index (χ2v) is 7.96. The highest BCUT2D eigenvalue weighted by Gasteiger charge is 2.51. The molecule has 0 fully saturated rings. The van der Waals surface area contributed by atoms with Crippen LogP contribution in [-0.2, 0) is 32.1 Å². The second-order valence-electron chi connectivity index (χ2n) is 6.24. The molecule has 0 amide bonds. The number of anilines is 1. The number of nitrogens with one attached hydrogen (secondary N) is 1. The molecule has 1 aromatic carbocycles. The van der Waals surface area contributed by atoms with Crippen LogP contribution in [0, 0.1) is 6.57 Å². The Morgan fingerprint density at radius 3 is 2.50 bits per heavy atom. The second kappa shape index (κ2) is 6.99. The minimum absolute atomic E-state index is 0.234. The first-order valence-electron chi connectivity index (χ1n) is 7.82. The molecule has 0 spiro atoms. The lowest BCUT2D eigenvalue weighted by Gasteiger charge is -2.36. The molecule has 3 N–H and O–H groups in total. The van der Waals surface area contributed by atoms with Crippen LogP contribution in [0.15, 0.2) is 17.0 Å². The van der Waals surface area contributed by atoms with E-state index in [1.54, 1.807) is 0 Å². The van der Waals surface area contributed by atoms with E-state index >= 15 is 0 Å². The van der Waals surface area contributed by atoms with Crippen LogP contribution in [0.25, 0.3) is 10.5 Å². The van der Waals surface area contributed by atoms with Gasteiger partial charge in [-0.25, -0.2) is 4.79 Å². The van der Waals surface area contributed by atoms with E-state index in [4.69, 9.17) is 18.2 Å². The van der Waals surface area contributed by atoms with Gasteiger partial charge < -0.3 is 20.4 Å². The number of nitrogens with zero attached hydrogens (tertiary/aromatic N) is 3. The third-order valence-corrected chi connectivity index (χ3v) is 5.63. The number of hydrogen-bond donors (Lipinski definition) is 3. The average Bonchev–Trinajstić information content (AvgIpc) is 2.98. The van der Waals surface area contributed by atoms with Crippen LogP contribution < -0.4 is 5.32 Å². The molecular weight excluding hydrogens is 453 g/mol. The number of carboxylic acid groups (broad SMARTS) is 2. The summed E-state index contributed by atoms with van der Waals surface area (Å²) in [6, 6.07) is 1.00. The molecule has 158 valence electrons. The summed E-state index contributed by atoms with van der Waals surface area (Å²) in [4.78, 5) is 26.5. The molecule has 0 radical (unpaired) electrons. The Labute approximate surface area is 173 Å². The molecule has 2 aromatic rings. The summed E-state index contributed by atoms with van der Waals surface area (Å²) in [6.45, 7) is 7.20. The van der Waals surface area contributed by atoms with Gasteiger partial charge in [0.2, 0.25) is 0 Å². The number of fused-ring (bicyclic) bond motifs is 3. The summed E-state index contributed by atoms with van der Waals surface area (Å²) in [5.74, 6) is -4.16. The molecule has 0 saturated carbocycles. The Kier molecular flexibility index (Phi) is 5.03. The van der Waals surface area contributed by atoms with E-state index in [1.807, 2.05) is 0 Å². The van der Waals surface area contributed by atoms with Crippen molar-refractivity contribution in [3.63, 3.8) is 0 Å². The van der Waals surface area contributed by atoms with Crippen LogP contribution in [0.4, 0.5) is 24.8 Å². The molecule has 9 nitrogen and oxygen atoms in total. The van der Waals surface area contributed by atoms with E-state index in [1.165, 1.54) is 6.26 Å². The highest BCUT2D eigenvalue weighted by atomic mass is 35.5. The van der Waals surface area contributed by atoms with Crippen molar-refractivity contribution in [3.8, 4) is 5.69 Å². The van der Waals surface area contributed by atoms with Crippen molar-refractivity contribution in [2.24, 2.45) is 0 Å². The number of carboxylic acids is 2. The van der Waals surface area contributed by atoms with Crippen LogP contribution in [0.3, 0.4) is 0 Å². The van der Waals surface area contributed by atoms with Gasteiger partial charge in [-0.05, 0) is 17.2 Å². The van der Waals surface area contributed by atoms with Crippen molar-refractivity contribution in [2.75, 3.05) is 11.6 Å². The van der Waals surface area contributed by atoms with Crippen LogP contribution in [0.1, 0.15) is 17.5 Å². The molecule has 1 aliphatic heterocycles. The number of aliphatic carboxylic acids is 2. The molecule has 0 bridgehead atoms. The number of benzene rings is 1. The van der Waals surface area contributed by atoms with Gasteiger partial charge in [-0.1, -0.05) is 18.2 Å². The van der Waals surface area contributed by atoms with Gasteiger partial charge in [-0.2, -0.15) is 13.2 Å². The summed E-state index contributed by atoms with van der Waals surface area (Å²) in [6.07, 6.45) is -4.91. The zero-order chi connectivity index (χ0) is 22.6. The molecule has 1 aliphatic rings. The SMILES string of the molecule is [C-]#[N+]c1nn2c(c1S(C)=O)NC(CC(=O)O)(C(=O)O)c1cc(C(F)(F)F)cc(Cl)c1-2. The standard InChI is InChI=1S/C16H10ClF3N4O5S/c1-21-12-11(30(2)29)13-22-15(14(27)28,5-9(25)26)7-3-6(16(18,19)20)4-8(17)10(7)24(13)23-12/h3-4,22H,5H2,2H3,(H,25,26)(H,27,28). The van der Waals surface area contributed by atoms with Crippen molar-refractivity contribution in [3.05, 3.63) is 39.7 Å².